The Morgan fingerprint density at radius 3 is 2.79 bits per heavy atom. The summed E-state index contributed by atoms with van der Waals surface area (Å²) in [6, 6.07) is 5.94. The van der Waals surface area contributed by atoms with Gasteiger partial charge in [0.2, 0.25) is 5.91 Å². The van der Waals surface area contributed by atoms with Gasteiger partial charge in [-0.3, -0.25) is 14.5 Å². The number of nitrogens with one attached hydrogen (secondary N) is 1. The van der Waals surface area contributed by atoms with Gasteiger partial charge in [-0.1, -0.05) is 19.3 Å². The van der Waals surface area contributed by atoms with Crippen molar-refractivity contribution in [3.63, 3.8) is 0 Å². The average molecular weight is 400 g/mol. The molecule has 0 saturated heterocycles. The summed E-state index contributed by atoms with van der Waals surface area (Å²) in [6.07, 6.45) is 5.58. The highest BCUT2D eigenvalue weighted by Gasteiger charge is 2.29. The number of hydrogen-bond donors (Lipinski definition) is 1. The number of thiazole rings is 1. The molecule has 2 aromatic rings. The first-order valence-corrected chi connectivity index (χ1v) is 10.6. The van der Waals surface area contributed by atoms with Gasteiger partial charge in [-0.05, 0) is 44.9 Å². The van der Waals surface area contributed by atoms with E-state index in [2.05, 4.69) is 10.3 Å². The van der Waals surface area contributed by atoms with Crippen molar-refractivity contribution in [3.8, 4) is 17.0 Å². The summed E-state index contributed by atoms with van der Waals surface area (Å²) in [7, 11) is 0. The molecule has 1 aliphatic carbocycles. The van der Waals surface area contributed by atoms with Gasteiger partial charge >= 0.3 is 0 Å². The van der Waals surface area contributed by atoms with E-state index in [0.717, 1.165) is 46.8 Å². The van der Waals surface area contributed by atoms with Gasteiger partial charge < -0.3 is 10.1 Å². The fourth-order valence-corrected chi connectivity index (χ4v) is 4.82. The second kappa shape index (κ2) is 7.91. The number of fused-ring (bicyclic) bond motifs is 1. The van der Waals surface area contributed by atoms with E-state index in [1.165, 1.54) is 11.3 Å². The van der Waals surface area contributed by atoms with Crippen LogP contribution in [0.15, 0.2) is 18.2 Å². The van der Waals surface area contributed by atoms with Crippen LogP contribution in [0.1, 0.15) is 42.0 Å². The highest BCUT2D eigenvalue weighted by molar-refractivity contribution is 7.11. The summed E-state index contributed by atoms with van der Waals surface area (Å²) < 4.78 is 5.58. The van der Waals surface area contributed by atoms with Gasteiger partial charge in [-0.2, -0.15) is 0 Å². The largest absolute Gasteiger partial charge is 0.482 e. The Balaban J connectivity index is 1.57. The summed E-state index contributed by atoms with van der Waals surface area (Å²) in [5.74, 6) is 0.312. The number of carbonyl (C=O) groups is 2. The first kappa shape index (κ1) is 18.9. The number of nitrogens with zero attached hydrogens (tertiary/aromatic N) is 2. The maximum absolute atomic E-state index is 12.6. The van der Waals surface area contributed by atoms with E-state index in [0.29, 0.717) is 11.4 Å². The summed E-state index contributed by atoms with van der Waals surface area (Å²) in [4.78, 5) is 32.4. The lowest BCUT2D eigenvalue weighted by atomic mass is 9.95. The maximum Gasteiger partial charge on any atom is 0.265 e. The van der Waals surface area contributed by atoms with E-state index in [1.54, 1.807) is 11.3 Å². The number of amides is 2. The predicted octanol–water partition coefficient (Wildman–Crippen LogP) is 3.60. The molecule has 0 bridgehead atoms. The molecule has 0 spiro atoms. The third kappa shape index (κ3) is 3.90. The summed E-state index contributed by atoms with van der Waals surface area (Å²) in [6.45, 7) is 3.99. The molecule has 7 heteroatoms. The Bertz CT molecular complexity index is 902. The molecule has 0 radical (unpaired) electrons. The molecule has 1 aliphatic heterocycles. The van der Waals surface area contributed by atoms with Crippen LogP contribution in [0.4, 0.5) is 5.69 Å². The minimum atomic E-state index is -0.199. The van der Waals surface area contributed by atoms with Gasteiger partial charge in [0, 0.05) is 16.5 Å². The molecule has 2 aliphatic rings. The number of rotatable bonds is 4. The number of carbonyl (C=O) groups excluding carboxylic acids is 2. The van der Waals surface area contributed by atoms with Crippen molar-refractivity contribution >= 4 is 28.8 Å². The van der Waals surface area contributed by atoms with Crippen molar-refractivity contribution < 1.29 is 14.3 Å². The van der Waals surface area contributed by atoms with Crippen molar-refractivity contribution in [2.45, 2.75) is 52.0 Å². The monoisotopic (exact) mass is 399 g/mol. The summed E-state index contributed by atoms with van der Waals surface area (Å²) in [5, 5.41) is 4.09. The molecular weight excluding hydrogens is 374 g/mol. The SMILES string of the molecule is Cc1nc(-c2ccc3c(c2)N(CC(=O)NC2CCCCC2)C(=O)CO3)c(C)s1. The van der Waals surface area contributed by atoms with Crippen molar-refractivity contribution in [2.75, 3.05) is 18.1 Å². The zero-order chi connectivity index (χ0) is 19.7. The highest BCUT2D eigenvalue weighted by Crippen LogP contribution is 2.37. The van der Waals surface area contributed by atoms with E-state index < -0.39 is 0 Å². The van der Waals surface area contributed by atoms with E-state index in [-0.39, 0.29) is 31.0 Å². The van der Waals surface area contributed by atoms with Crippen LogP contribution in [0.5, 0.6) is 5.75 Å². The van der Waals surface area contributed by atoms with E-state index in [1.807, 2.05) is 32.0 Å². The number of aromatic nitrogens is 1. The van der Waals surface area contributed by atoms with Gasteiger partial charge in [-0.25, -0.2) is 4.98 Å². The maximum atomic E-state index is 12.6. The topological polar surface area (TPSA) is 71.5 Å². The molecule has 2 amide bonds. The van der Waals surface area contributed by atoms with Crippen LogP contribution < -0.4 is 15.0 Å². The van der Waals surface area contributed by atoms with Crippen molar-refractivity contribution in [1.82, 2.24) is 10.3 Å². The predicted molar refractivity (Wildman–Crippen MR) is 110 cm³/mol. The molecule has 0 unspecified atom stereocenters. The molecule has 6 nitrogen and oxygen atoms in total. The van der Waals surface area contributed by atoms with Gasteiger partial charge in [0.15, 0.2) is 6.61 Å². The first-order chi connectivity index (χ1) is 13.5. The Hall–Kier alpha value is -2.41. The molecule has 148 valence electrons. The van der Waals surface area contributed by atoms with E-state index >= 15 is 0 Å². The van der Waals surface area contributed by atoms with Crippen LogP contribution in [0.3, 0.4) is 0 Å². The van der Waals surface area contributed by atoms with Crippen LogP contribution in [0.2, 0.25) is 0 Å². The van der Waals surface area contributed by atoms with Gasteiger partial charge in [0.1, 0.15) is 12.3 Å². The first-order valence-electron chi connectivity index (χ1n) is 9.82. The van der Waals surface area contributed by atoms with Crippen LogP contribution in [0.25, 0.3) is 11.3 Å². The Labute approximate surface area is 168 Å². The van der Waals surface area contributed by atoms with Gasteiger partial charge in [0.25, 0.3) is 5.91 Å². The Morgan fingerprint density at radius 1 is 1.29 bits per heavy atom. The molecule has 28 heavy (non-hydrogen) atoms. The molecule has 2 heterocycles. The number of anilines is 1. The van der Waals surface area contributed by atoms with Crippen LogP contribution in [-0.4, -0.2) is 36.0 Å². The molecule has 1 fully saturated rings. The fourth-order valence-electron chi connectivity index (χ4n) is 3.98. The van der Waals surface area contributed by atoms with Crippen LogP contribution >= 0.6 is 11.3 Å². The molecule has 1 aromatic heterocycles. The Morgan fingerprint density at radius 2 is 2.07 bits per heavy atom. The van der Waals surface area contributed by atoms with Gasteiger partial charge in [0.05, 0.1) is 16.4 Å². The second-order valence-corrected chi connectivity index (χ2v) is 8.90. The number of benzene rings is 1. The average Bonchev–Trinajstić information content (AvgIpc) is 3.02. The third-order valence-electron chi connectivity index (χ3n) is 5.35. The Kier molecular flexibility index (Phi) is 5.35. The minimum absolute atomic E-state index is 0.0181. The van der Waals surface area contributed by atoms with Crippen molar-refractivity contribution in [2.24, 2.45) is 0 Å². The van der Waals surface area contributed by atoms with Crippen molar-refractivity contribution in [3.05, 3.63) is 28.1 Å². The number of aryl methyl sites for hydroxylation is 2. The van der Waals surface area contributed by atoms with Gasteiger partial charge in [-0.15, -0.1) is 11.3 Å². The quantitative estimate of drug-likeness (QED) is 0.853. The molecular formula is C21H25N3O3S. The molecule has 0 atom stereocenters. The molecule has 4 rings (SSSR count). The van der Waals surface area contributed by atoms with Crippen LogP contribution in [-0.2, 0) is 9.59 Å². The minimum Gasteiger partial charge on any atom is -0.482 e. The second-order valence-electron chi connectivity index (χ2n) is 7.49. The zero-order valence-electron chi connectivity index (χ0n) is 16.3. The molecule has 1 N–H and O–H groups in total. The number of ether oxygens (including phenoxy) is 1. The lowest BCUT2D eigenvalue weighted by Crippen LogP contribution is -2.47. The highest BCUT2D eigenvalue weighted by atomic mass is 32.1. The van der Waals surface area contributed by atoms with E-state index in [4.69, 9.17) is 4.74 Å². The third-order valence-corrected chi connectivity index (χ3v) is 6.24. The van der Waals surface area contributed by atoms with E-state index in [9.17, 15) is 9.59 Å². The molecule has 1 aromatic carbocycles. The normalized spacial score (nSPS) is 17.2. The standard InChI is InChI=1S/C21H25N3O3S/c1-13-21(22-14(2)28-13)15-8-9-18-17(10-15)24(20(26)12-27-18)11-19(25)23-16-6-4-3-5-7-16/h8-10,16H,3-7,11-12H2,1-2H3,(H,23,25). The summed E-state index contributed by atoms with van der Waals surface area (Å²) in [5.41, 5.74) is 2.48. The fraction of sp³-hybridized carbons (Fsp3) is 0.476. The summed E-state index contributed by atoms with van der Waals surface area (Å²) >= 11 is 1.65. The zero-order valence-corrected chi connectivity index (χ0v) is 17.1. The van der Waals surface area contributed by atoms with Crippen LogP contribution in [0, 0.1) is 13.8 Å². The lowest BCUT2D eigenvalue weighted by Gasteiger charge is -2.30. The van der Waals surface area contributed by atoms with Crippen molar-refractivity contribution in [1.29, 1.82) is 0 Å². The number of hydrogen-bond acceptors (Lipinski definition) is 5. The smallest absolute Gasteiger partial charge is 0.265 e. The lowest BCUT2D eigenvalue weighted by molar-refractivity contribution is -0.125. The molecule has 1 saturated carbocycles.